The number of aromatic hydroxyl groups is 1. The van der Waals surface area contributed by atoms with Crippen LogP contribution in [-0.4, -0.2) is 35.5 Å². The Bertz CT molecular complexity index is 542. The number of rotatable bonds is 2. The average Bonchev–Trinajstić information content (AvgIpc) is 2.87. The van der Waals surface area contributed by atoms with Gasteiger partial charge >= 0.3 is 0 Å². The van der Waals surface area contributed by atoms with Crippen LogP contribution in [-0.2, 0) is 4.79 Å². The number of benzene rings is 1. The molecule has 1 heterocycles. The number of nitrogens with zero attached hydrogens (tertiary/aromatic N) is 2. The van der Waals surface area contributed by atoms with Gasteiger partial charge in [0.15, 0.2) is 11.6 Å². The van der Waals surface area contributed by atoms with Gasteiger partial charge in [0, 0.05) is 6.54 Å². The van der Waals surface area contributed by atoms with E-state index in [1.54, 1.807) is 11.9 Å². The predicted molar refractivity (Wildman–Crippen MR) is 78.2 cm³/mol. The topological polar surface area (TPSA) is 76.4 Å². The SMILES string of the molecule is CC.CN1CC(C(=O)Nc2cccc(F)c2O)CC1C#N. The largest absolute Gasteiger partial charge is 0.503 e. The Labute approximate surface area is 124 Å². The smallest absolute Gasteiger partial charge is 0.228 e. The Balaban J connectivity index is 0.00000106. The number of anilines is 1. The quantitative estimate of drug-likeness (QED) is 0.821. The Kier molecular flexibility index (Phi) is 6.12. The normalized spacial score (nSPS) is 21.1. The molecular weight excluding hydrogens is 273 g/mol. The molecule has 0 bridgehead atoms. The summed E-state index contributed by atoms with van der Waals surface area (Å²) in [5.41, 5.74) is 0.0491. The molecule has 114 valence electrons. The third kappa shape index (κ3) is 3.92. The van der Waals surface area contributed by atoms with Crippen molar-refractivity contribution in [2.24, 2.45) is 5.92 Å². The fourth-order valence-corrected chi connectivity index (χ4v) is 2.19. The molecule has 1 fully saturated rings. The first-order valence-corrected chi connectivity index (χ1v) is 6.91. The maximum absolute atomic E-state index is 13.1. The van der Waals surface area contributed by atoms with Crippen molar-refractivity contribution in [1.82, 2.24) is 4.90 Å². The molecule has 2 atom stereocenters. The molecule has 1 aliphatic rings. The number of carbonyl (C=O) groups excluding carboxylic acids is 1. The Morgan fingerprint density at radius 3 is 2.76 bits per heavy atom. The standard InChI is InChI=1S/C13H14FN3O2.C2H6/c1-17-7-8(5-9(17)6-15)13(19)16-11-4-2-3-10(14)12(11)18;1-2/h2-4,8-9,18H,5,7H2,1H3,(H,16,19);1-2H3. The van der Waals surface area contributed by atoms with Crippen LogP contribution in [0.4, 0.5) is 10.1 Å². The van der Waals surface area contributed by atoms with Crippen molar-refractivity contribution in [1.29, 1.82) is 5.26 Å². The first kappa shape index (κ1) is 16.9. The lowest BCUT2D eigenvalue weighted by atomic mass is 10.1. The molecule has 1 aliphatic heterocycles. The van der Waals surface area contributed by atoms with Crippen molar-refractivity contribution in [3.8, 4) is 11.8 Å². The van der Waals surface area contributed by atoms with E-state index in [1.807, 2.05) is 13.8 Å². The first-order valence-electron chi connectivity index (χ1n) is 6.91. The Morgan fingerprint density at radius 1 is 1.52 bits per heavy atom. The Morgan fingerprint density at radius 2 is 2.19 bits per heavy atom. The van der Waals surface area contributed by atoms with E-state index in [1.165, 1.54) is 12.1 Å². The summed E-state index contributed by atoms with van der Waals surface area (Å²) in [4.78, 5) is 13.8. The highest BCUT2D eigenvalue weighted by Gasteiger charge is 2.34. The fourth-order valence-electron chi connectivity index (χ4n) is 2.19. The number of phenols is 1. The molecule has 0 saturated carbocycles. The van der Waals surface area contributed by atoms with E-state index >= 15 is 0 Å². The number of para-hydroxylation sites is 1. The molecule has 0 spiro atoms. The summed E-state index contributed by atoms with van der Waals surface area (Å²) >= 11 is 0. The number of amides is 1. The average molecular weight is 293 g/mol. The van der Waals surface area contributed by atoms with Gasteiger partial charge in [-0.2, -0.15) is 5.26 Å². The molecule has 6 heteroatoms. The lowest BCUT2D eigenvalue weighted by Crippen LogP contribution is -2.26. The van der Waals surface area contributed by atoms with Gasteiger partial charge in [0.2, 0.25) is 5.91 Å². The van der Waals surface area contributed by atoms with Crippen LogP contribution < -0.4 is 5.32 Å². The van der Waals surface area contributed by atoms with Gasteiger partial charge in [-0.25, -0.2) is 4.39 Å². The summed E-state index contributed by atoms with van der Waals surface area (Å²) in [6.07, 6.45) is 0.439. The molecule has 1 aromatic rings. The summed E-state index contributed by atoms with van der Waals surface area (Å²) in [7, 11) is 1.78. The number of nitrogens with one attached hydrogen (secondary N) is 1. The highest BCUT2D eigenvalue weighted by Crippen LogP contribution is 2.28. The Hall–Kier alpha value is -2.13. The van der Waals surface area contributed by atoms with Crippen molar-refractivity contribution < 1.29 is 14.3 Å². The number of phenolic OH excluding ortho intramolecular Hbond substituents is 1. The maximum Gasteiger partial charge on any atom is 0.228 e. The molecule has 21 heavy (non-hydrogen) atoms. The highest BCUT2D eigenvalue weighted by molar-refractivity contribution is 5.94. The molecule has 0 radical (unpaired) electrons. The van der Waals surface area contributed by atoms with Gasteiger partial charge < -0.3 is 10.4 Å². The predicted octanol–water partition coefficient (Wildman–Crippen LogP) is 2.34. The van der Waals surface area contributed by atoms with E-state index in [9.17, 15) is 14.3 Å². The van der Waals surface area contributed by atoms with E-state index < -0.39 is 11.6 Å². The van der Waals surface area contributed by atoms with Crippen LogP contribution in [0.3, 0.4) is 0 Å². The second kappa shape index (κ2) is 7.60. The van der Waals surface area contributed by atoms with E-state index in [0.717, 1.165) is 6.07 Å². The first-order chi connectivity index (χ1) is 10.0. The van der Waals surface area contributed by atoms with Gasteiger partial charge in [-0.1, -0.05) is 19.9 Å². The van der Waals surface area contributed by atoms with Crippen molar-refractivity contribution in [2.75, 3.05) is 18.9 Å². The number of hydrogen-bond acceptors (Lipinski definition) is 4. The zero-order chi connectivity index (χ0) is 16.0. The number of nitriles is 1. The molecule has 2 rings (SSSR count). The van der Waals surface area contributed by atoms with Gasteiger partial charge in [-0.3, -0.25) is 9.69 Å². The molecule has 2 unspecified atom stereocenters. The molecule has 1 saturated heterocycles. The van der Waals surface area contributed by atoms with E-state index in [0.29, 0.717) is 13.0 Å². The molecule has 0 aliphatic carbocycles. The van der Waals surface area contributed by atoms with Gasteiger partial charge in [0.1, 0.15) is 0 Å². The van der Waals surface area contributed by atoms with Crippen LogP contribution >= 0.6 is 0 Å². The molecule has 5 nitrogen and oxygen atoms in total. The molecule has 2 N–H and O–H groups in total. The minimum Gasteiger partial charge on any atom is -0.503 e. The van der Waals surface area contributed by atoms with Crippen LogP contribution in [0.1, 0.15) is 20.3 Å². The van der Waals surface area contributed by atoms with Crippen LogP contribution in [0.2, 0.25) is 0 Å². The van der Waals surface area contributed by atoms with Gasteiger partial charge in [0.25, 0.3) is 0 Å². The zero-order valence-electron chi connectivity index (χ0n) is 12.4. The second-order valence-electron chi connectivity index (χ2n) is 4.64. The van der Waals surface area contributed by atoms with Crippen molar-refractivity contribution >= 4 is 11.6 Å². The number of halogens is 1. The van der Waals surface area contributed by atoms with Gasteiger partial charge in [-0.15, -0.1) is 0 Å². The summed E-state index contributed by atoms with van der Waals surface area (Å²) in [6.45, 7) is 4.47. The number of likely N-dealkylation sites (tertiary alicyclic amines) is 1. The zero-order valence-corrected chi connectivity index (χ0v) is 12.4. The number of hydrogen-bond donors (Lipinski definition) is 2. The highest BCUT2D eigenvalue weighted by atomic mass is 19.1. The number of carbonyl (C=O) groups is 1. The van der Waals surface area contributed by atoms with Crippen molar-refractivity contribution in [2.45, 2.75) is 26.3 Å². The van der Waals surface area contributed by atoms with Crippen molar-refractivity contribution in [3.63, 3.8) is 0 Å². The third-order valence-corrected chi connectivity index (χ3v) is 3.31. The van der Waals surface area contributed by atoms with E-state index in [4.69, 9.17) is 5.26 Å². The molecular formula is C15H20FN3O2. The maximum atomic E-state index is 13.1. The van der Waals surface area contributed by atoms with E-state index in [2.05, 4.69) is 11.4 Å². The van der Waals surface area contributed by atoms with Gasteiger partial charge in [0.05, 0.1) is 23.7 Å². The second-order valence-corrected chi connectivity index (χ2v) is 4.64. The van der Waals surface area contributed by atoms with E-state index in [-0.39, 0.29) is 23.6 Å². The monoisotopic (exact) mass is 293 g/mol. The van der Waals surface area contributed by atoms with Crippen LogP contribution in [0, 0.1) is 23.1 Å². The summed E-state index contributed by atoms with van der Waals surface area (Å²) < 4.78 is 13.1. The molecule has 0 aromatic heterocycles. The van der Waals surface area contributed by atoms with Crippen LogP contribution in [0.5, 0.6) is 5.75 Å². The summed E-state index contributed by atoms with van der Waals surface area (Å²) in [5.74, 6) is -2.00. The summed E-state index contributed by atoms with van der Waals surface area (Å²) in [6, 6.07) is 5.78. The molecule has 1 amide bonds. The van der Waals surface area contributed by atoms with Crippen LogP contribution in [0.25, 0.3) is 0 Å². The minimum atomic E-state index is -0.781. The lowest BCUT2D eigenvalue weighted by molar-refractivity contribution is -0.119. The summed E-state index contributed by atoms with van der Waals surface area (Å²) in [5, 5.41) is 20.9. The third-order valence-electron chi connectivity index (χ3n) is 3.31. The minimum absolute atomic E-state index is 0.0491. The fraction of sp³-hybridized carbons (Fsp3) is 0.467. The lowest BCUT2D eigenvalue weighted by Gasteiger charge is -2.12. The van der Waals surface area contributed by atoms with Gasteiger partial charge in [-0.05, 0) is 25.6 Å². The van der Waals surface area contributed by atoms with Crippen LogP contribution in [0.15, 0.2) is 18.2 Å². The van der Waals surface area contributed by atoms with Crippen molar-refractivity contribution in [3.05, 3.63) is 24.0 Å². The molecule has 1 aromatic carbocycles.